The van der Waals surface area contributed by atoms with Crippen LogP contribution in [0.2, 0.25) is 0 Å². The van der Waals surface area contributed by atoms with Crippen LogP contribution < -0.4 is 4.90 Å². The molecule has 0 radical (unpaired) electrons. The molecule has 0 fully saturated rings. The van der Waals surface area contributed by atoms with Gasteiger partial charge in [-0.25, -0.2) is 0 Å². The molecule has 0 aliphatic heterocycles. The van der Waals surface area contributed by atoms with Crippen molar-refractivity contribution >= 4 is 11.6 Å². The lowest BCUT2D eigenvalue weighted by atomic mass is 10.2. The van der Waals surface area contributed by atoms with E-state index < -0.39 is 0 Å². The van der Waals surface area contributed by atoms with Gasteiger partial charge < -0.3 is 14.7 Å². The van der Waals surface area contributed by atoms with Crippen molar-refractivity contribution in [2.24, 2.45) is 0 Å². The van der Waals surface area contributed by atoms with Gasteiger partial charge in [0.15, 0.2) is 0 Å². The van der Waals surface area contributed by atoms with Crippen molar-refractivity contribution in [2.75, 3.05) is 25.2 Å². The first-order valence-corrected chi connectivity index (χ1v) is 5.78. The van der Waals surface area contributed by atoms with Gasteiger partial charge in [-0.1, -0.05) is 6.92 Å². The molecule has 0 aliphatic rings. The van der Waals surface area contributed by atoms with Crippen LogP contribution in [-0.4, -0.2) is 31.3 Å². The van der Waals surface area contributed by atoms with E-state index in [-0.39, 0.29) is 11.7 Å². The average molecular weight is 237 g/mol. The summed E-state index contributed by atoms with van der Waals surface area (Å²) in [5, 5.41) is 9.15. The molecule has 4 heteroatoms. The highest BCUT2D eigenvalue weighted by Gasteiger charge is 2.10. The van der Waals surface area contributed by atoms with Gasteiger partial charge in [0.1, 0.15) is 5.75 Å². The number of ether oxygens (including phenoxy) is 1. The fourth-order valence-electron chi connectivity index (χ4n) is 1.39. The maximum atomic E-state index is 11.8. The van der Waals surface area contributed by atoms with Crippen molar-refractivity contribution in [3.8, 4) is 5.75 Å². The van der Waals surface area contributed by atoms with Crippen molar-refractivity contribution in [2.45, 2.75) is 19.8 Å². The molecule has 0 atom stereocenters. The van der Waals surface area contributed by atoms with E-state index in [2.05, 4.69) is 0 Å². The lowest BCUT2D eigenvalue weighted by Crippen LogP contribution is -2.27. The van der Waals surface area contributed by atoms with Gasteiger partial charge in [0.2, 0.25) is 5.91 Å². The lowest BCUT2D eigenvalue weighted by Gasteiger charge is -2.17. The quantitative estimate of drug-likeness (QED) is 0.771. The largest absolute Gasteiger partial charge is 0.508 e. The number of benzene rings is 1. The number of nitrogens with zero attached hydrogens (tertiary/aromatic N) is 1. The van der Waals surface area contributed by atoms with Crippen LogP contribution >= 0.6 is 0 Å². The first kappa shape index (κ1) is 13.5. The molecule has 1 amide bonds. The van der Waals surface area contributed by atoms with Gasteiger partial charge in [-0.2, -0.15) is 0 Å². The summed E-state index contributed by atoms with van der Waals surface area (Å²) in [4.78, 5) is 13.3. The highest BCUT2D eigenvalue weighted by molar-refractivity contribution is 5.92. The van der Waals surface area contributed by atoms with Crippen LogP contribution in [-0.2, 0) is 9.53 Å². The first-order chi connectivity index (χ1) is 8.15. The molecule has 0 aliphatic carbocycles. The topological polar surface area (TPSA) is 49.8 Å². The minimum Gasteiger partial charge on any atom is -0.508 e. The Bertz CT molecular complexity index is 348. The number of rotatable bonds is 6. The van der Waals surface area contributed by atoms with E-state index in [0.717, 1.165) is 12.1 Å². The molecule has 1 aromatic carbocycles. The standard InChI is InChI=1S/C13H19NO3/c1-3-9-17-10-8-13(16)14(2)11-4-6-12(15)7-5-11/h4-7,15H,3,8-10H2,1-2H3. The second-order valence-corrected chi connectivity index (χ2v) is 3.83. The van der Waals surface area contributed by atoms with Crippen LogP contribution in [0.3, 0.4) is 0 Å². The third-order valence-electron chi connectivity index (χ3n) is 2.42. The lowest BCUT2D eigenvalue weighted by molar-refractivity contribution is -0.119. The number of aromatic hydroxyl groups is 1. The van der Waals surface area contributed by atoms with Crippen molar-refractivity contribution in [3.05, 3.63) is 24.3 Å². The molecular weight excluding hydrogens is 218 g/mol. The molecule has 17 heavy (non-hydrogen) atoms. The molecule has 0 saturated heterocycles. The summed E-state index contributed by atoms with van der Waals surface area (Å²) >= 11 is 0. The number of phenols is 1. The number of carbonyl (C=O) groups excluding carboxylic acids is 1. The predicted octanol–water partition coefficient (Wildman–Crippen LogP) is 2.17. The van der Waals surface area contributed by atoms with Crippen LogP contribution in [0, 0.1) is 0 Å². The second-order valence-electron chi connectivity index (χ2n) is 3.83. The average Bonchev–Trinajstić information content (AvgIpc) is 2.34. The number of carbonyl (C=O) groups is 1. The Hall–Kier alpha value is -1.55. The Labute approximate surface area is 102 Å². The molecule has 1 aromatic rings. The Morgan fingerprint density at radius 1 is 1.29 bits per heavy atom. The van der Waals surface area contributed by atoms with Crippen LogP contribution in [0.15, 0.2) is 24.3 Å². The van der Waals surface area contributed by atoms with E-state index in [1.165, 1.54) is 0 Å². The third-order valence-corrected chi connectivity index (χ3v) is 2.42. The number of hydrogen-bond donors (Lipinski definition) is 1. The SMILES string of the molecule is CCCOCCC(=O)N(C)c1ccc(O)cc1. The first-order valence-electron chi connectivity index (χ1n) is 5.78. The minimum atomic E-state index is 0.00629. The van der Waals surface area contributed by atoms with Crippen LogP contribution in [0.25, 0.3) is 0 Å². The smallest absolute Gasteiger partial charge is 0.229 e. The van der Waals surface area contributed by atoms with E-state index in [9.17, 15) is 4.79 Å². The summed E-state index contributed by atoms with van der Waals surface area (Å²) < 4.78 is 5.27. The van der Waals surface area contributed by atoms with E-state index in [4.69, 9.17) is 9.84 Å². The molecule has 0 bridgehead atoms. The molecule has 0 saturated carbocycles. The molecule has 0 aromatic heterocycles. The monoisotopic (exact) mass is 237 g/mol. The van der Waals surface area contributed by atoms with Crippen LogP contribution in [0.4, 0.5) is 5.69 Å². The highest BCUT2D eigenvalue weighted by Crippen LogP contribution is 2.17. The van der Waals surface area contributed by atoms with Crippen molar-refractivity contribution in [1.29, 1.82) is 0 Å². The zero-order chi connectivity index (χ0) is 12.7. The van der Waals surface area contributed by atoms with Crippen molar-refractivity contribution in [3.63, 3.8) is 0 Å². The highest BCUT2D eigenvalue weighted by atomic mass is 16.5. The Morgan fingerprint density at radius 3 is 2.53 bits per heavy atom. The summed E-state index contributed by atoms with van der Waals surface area (Å²) in [5.74, 6) is 0.202. The summed E-state index contributed by atoms with van der Waals surface area (Å²) in [6.45, 7) is 3.18. The molecule has 94 valence electrons. The predicted molar refractivity (Wildman–Crippen MR) is 67.2 cm³/mol. The van der Waals surface area contributed by atoms with Crippen LogP contribution in [0.1, 0.15) is 19.8 Å². The molecule has 0 heterocycles. The normalized spacial score (nSPS) is 10.2. The number of amides is 1. The Balaban J connectivity index is 2.43. The Kier molecular flexibility index (Phi) is 5.49. The van der Waals surface area contributed by atoms with Gasteiger partial charge >= 0.3 is 0 Å². The zero-order valence-electron chi connectivity index (χ0n) is 10.3. The maximum Gasteiger partial charge on any atom is 0.229 e. The fourth-order valence-corrected chi connectivity index (χ4v) is 1.39. The molecule has 1 N–H and O–H groups in total. The van der Waals surface area contributed by atoms with Gasteiger partial charge in [0, 0.05) is 19.3 Å². The summed E-state index contributed by atoms with van der Waals surface area (Å²) in [6.07, 6.45) is 1.33. The molecule has 1 rings (SSSR count). The van der Waals surface area contributed by atoms with Crippen molar-refractivity contribution < 1.29 is 14.6 Å². The molecular formula is C13H19NO3. The van der Waals surface area contributed by atoms with Gasteiger partial charge in [0.05, 0.1) is 13.0 Å². The number of anilines is 1. The van der Waals surface area contributed by atoms with E-state index in [1.807, 2.05) is 6.92 Å². The van der Waals surface area contributed by atoms with E-state index >= 15 is 0 Å². The van der Waals surface area contributed by atoms with Crippen molar-refractivity contribution in [1.82, 2.24) is 0 Å². The second kappa shape index (κ2) is 6.91. The van der Waals surface area contributed by atoms with Gasteiger partial charge in [-0.3, -0.25) is 4.79 Å². The van der Waals surface area contributed by atoms with Gasteiger partial charge in [-0.05, 0) is 30.7 Å². The minimum absolute atomic E-state index is 0.00629. The van der Waals surface area contributed by atoms with E-state index in [1.54, 1.807) is 36.2 Å². The fraction of sp³-hybridized carbons (Fsp3) is 0.462. The summed E-state index contributed by atoms with van der Waals surface area (Å²) in [7, 11) is 1.72. The zero-order valence-corrected chi connectivity index (χ0v) is 10.3. The third kappa shape index (κ3) is 4.44. The Morgan fingerprint density at radius 2 is 1.94 bits per heavy atom. The van der Waals surface area contributed by atoms with Crippen LogP contribution in [0.5, 0.6) is 5.75 Å². The van der Waals surface area contributed by atoms with Gasteiger partial charge in [0.25, 0.3) is 0 Å². The molecule has 4 nitrogen and oxygen atoms in total. The maximum absolute atomic E-state index is 11.8. The summed E-state index contributed by atoms with van der Waals surface area (Å²) in [6, 6.07) is 6.54. The molecule has 0 spiro atoms. The molecule has 0 unspecified atom stereocenters. The summed E-state index contributed by atoms with van der Waals surface area (Å²) in [5.41, 5.74) is 0.767. The van der Waals surface area contributed by atoms with E-state index in [0.29, 0.717) is 19.6 Å². The number of hydrogen-bond acceptors (Lipinski definition) is 3. The van der Waals surface area contributed by atoms with Gasteiger partial charge in [-0.15, -0.1) is 0 Å². The number of phenolic OH excluding ortho intramolecular Hbond substituents is 1.